The fraction of sp³-hybridized carbons (Fsp3) is 0.250. The molecule has 1 unspecified atom stereocenters. The van der Waals surface area contributed by atoms with Crippen molar-refractivity contribution in [3.63, 3.8) is 0 Å². The maximum absolute atomic E-state index is 12.3. The lowest BCUT2D eigenvalue weighted by atomic mass is 10.1. The maximum Gasteiger partial charge on any atom is 0.199 e. The molecule has 0 amide bonds. The first-order valence-corrected chi connectivity index (χ1v) is 8.59. The van der Waals surface area contributed by atoms with Crippen LogP contribution in [0.25, 0.3) is 6.08 Å². The minimum Gasteiger partial charge on any atom is -0.507 e. The van der Waals surface area contributed by atoms with E-state index in [9.17, 15) is 9.90 Å². The molecule has 1 atom stereocenters. The Morgan fingerprint density at radius 1 is 1.20 bits per heavy atom. The summed E-state index contributed by atoms with van der Waals surface area (Å²) in [5.74, 6) is 0.0922. The highest BCUT2D eigenvalue weighted by Crippen LogP contribution is 2.27. The van der Waals surface area contributed by atoms with Gasteiger partial charge in [0.25, 0.3) is 0 Å². The van der Waals surface area contributed by atoms with Gasteiger partial charge in [0.15, 0.2) is 12.1 Å². The van der Waals surface area contributed by atoms with Crippen LogP contribution in [0.5, 0.6) is 11.5 Å². The average molecular weight is 359 g/mol. The van der Waals surface area contributed by atoms with E-state index < -0.39 is 0 Å². The Labute approximate surface area is 151 Å². The Hall–Kier alpha value is -2.30. The van der Waals surface area contributed by atoms with Gasteiger partial charge in [0.2, 0.25) is 0 Å². The van der Waals surface area contributed by atoms with E-state index in [1.165, 1.54) is 12.1 Å². The Morgan fingerprint density at radius 3 is 2.68 bits per heavy atom. The molecule has 2 aromatic carbocycles. The third kappa shape index (κ3) is 4.84. The first kappa shape index (κ1) is 17.5. The van der Waals surface area contributed by atoms with Gasteiger partial charge in [-0.05, 0) is 48.7 Å². The lowest BCUT2D eigenvalue weighted by Gasteiger charge is -2.23. The predicted octanol–water partition coefficient (Wildman–Crippen LogP) is 4.85. The normalized spacial score (nSPS) is 17.6. The van der Waals surface area contributed by atoms with Crippen molar-refractivity contribution in [2.24, 2.45) is 0 Å². The largest absolute Gasteiger partial charge is 0.507 e. The van der Waals surface area contributed by atoms with E-state index in [0.29, 0.717) is 17.4 Å². The van der Waals surface area contributed by atoms with Gasteiger partial charge in [-0.15, -0.1) is 0 Å². The van der Waals surface area contributed by atoms with Crippen LogP contribution in [0.15, 0.2) is 48.5 Å². The van der Waals surface area contributed by atoms with Crippen molar-refractivity contribution in [1.82, 2.24) is 0 Å². The number of allylic oxidation sites excluding steroid dienone is 1. The molecule has 1 fully saturated rings. The zero-order valence-corrected chi connectivity index (χ0v) is 14.4. The van der Waals surface area contributed by atoms with Crippen LogP contribution in [-0.4, -0.2) is 23.8 Å². The minimum absolute atomic E-state index is 0.112. The fourth-order valence-corrected chi connectivity index (χ4v) is 2.71. The molecule has 4 nitrogen and oxygen atoms in total. The number of hydrogen-bond acceptors (Lipinski definition) is 4. The van der Waals surface area contributed by atoms with Gasteiger partial charge in [0.05, 0.1) is 12.2 Å². The highest BCUT2D eigenvalue weighted by atomic mass is 35.5. The van der Waals surface area contributed by atoms with E-state index in [4.69, 9.17) is 21.1 Å². The number of phenols is 1. The van der Waals surface area contributed by atoms with Gasteiger partial charge in [-0.2, -0.15) is 0 Å². The first-order valence-electron chi connectivity index (χ1n) is 8.21. The molecule has 0 spiro atoms. The van der Waals surface area contributed by atoms with Gasteiger partial charge in [-0.3, -0.25) is 4.79 Å². The SMILES string of the molecule is O=C(/C=C/c1ccc(Cl)cc1)c1ccc(OC2CCCCO2)cc1O. The highest BCUT2D eigenvalue weighted by Gasteiger charge is 2.16. The van der Waals surface area contributed by atoms with E-state index >= 15 is 0 Å². The van der Waals surface area contributed by atoms with Crippen LogP contribution < -0.4 is 4.74 Å². The predicted molar refractivity (Wildman–Crippen MR) is 97.1 cm³/mol. The molecule has 1 saturated heterocycles. The van der Waals surface area contributed by atoms with Crippen LogP contribution in [0.4, 0.5) is 0 Å². The second-order valence-corrected chi connectivity index (χ2v) is 6.28. The third-order valence-corrected chi connectivity index (χ3v) is 4.19. The van der Waals surface area contributed by atoms with Crippen LogP contribution in [0.3, 0.4) is 0 Å². The Balaban J connectivity index is 1.67. The van der Waals surface area contributed by atoms with Gasteiger partial charge in [-0.1, -0.05) is 29.8 Å². The molecule has 1 aliphatic rings. The number of rotatable bonds is 5. The number of carbonyl (C=O) groups is 1. The van der Waals surface area contributed by atoms with E-state index in [2.05, 4.69) is 0 Å². The number of carbonyl (C=O) groups excluding carboxylic acids is 1. The number of halogens is 1. The standard InChI is InChI=1S/C20H19ClO4/c21-15-7-4-14(5-8-15)6-11-18(22)17-10-9-16(13-19(17)23)25-20-3-1-2-12-24-20/h4-11,13,20,23H,1-3,12H2/b11-6+. The average Bonchev–Trinajstić information content (AvgIpc) is 2.62. The molecule has 0 aromatic heterocycles. The van der Waals surface area contributed by atoms with Crippen molar-refractivity contribution < 1.29 is 19.4 Å². The summed E-state index contributed by atoms with van der Waals surface area (Å²) in [4.78, 5) is 12.3. The molecule has 2 aromatic rings. The molecule has 1 N–H and O–H groups in total. The van der Waals surface area contributed by atoms with Gasteiger partial charge >= 0.3 is 0 Å². The van der Waals surface area contributed by atoms with Crippen LogP contribution in [0, 0.1) is 0 Å². The van der Waals surface area contributed by atoms with Crippen molar-refractivity contribution in [2.45, 2.75) is 25.6 Å². The van der Waals surface area contributed by atoms with Crippen molar-refractivity contribution in [3.8, 4) is 11.5 Å². The van der Waals surface area contributed by atoms with E-state index in [1.807, 2.05) is 12.1 Å². The summed E-state index contributed by atoms with van der Waals surface area (Å²) in [6.07, 6.45) is 5.73. The molecule has 0 aliphatic carbocycles. The number of phenolic OH excluding ortho intramolecular Hbond substituents is 1. The molecule has 3 rings (SSSR count). The Morgan fingerprint density at radius 2 is 2.00 bits per heavy atom. The maximum atomic E-state index is 12.3. The van der Waals surface area contributed by atoms with Crippen molar-refractivity contribution in [2.75, 3.05) is 6.61 Å². The Bertz CT molecular complexity index is 762. The Kier molecular flexibility index (Phi) is 5.74. The summed E-state index contributed by atoms with van der Waals surface area (Å²) in [6.45, 7) is 0.683. The smallest absolute Gasteiger partial charge is 0.199 e. The molecule has 0 bridgehead atoms. The summed E-state index contributed by atoms with van der Waals surface area (Å²) in [5, 5.41) is 10.8. The van der Waals surface area contributed by atoms with Gasteiger partial charge in [0.1, 0.15) is 11.5 Å². The van der Waals surface area contributed by atoms with Crippen LogP contribution >= 0.6 is 11.6 Å². The van der Waals surface area contributed by atoms with Crippen LogP contribution in [0.1, 0.15) is 35.2 Å². The second-order valence-electron chi connectivity index (χ2n) is 5.84. The fourth-order valence-electron chi connectivity index (χ4n) is 2.58. The molecule has 25 heavy (non-hydrogen) atoms. The zero-order valence-electron chi connectivity index (χ0n) is 13.7. The molecule has 1 heterocycles. The van der Waals surface area contributed by atoms with Crippen LogP contribution in [0.2, 0.25) is 5.02 Å². The van der Waals surface area contributed by atoms with Crippen molar-refractivity contribution in [1.29, 1.82) is 0 Å². The van der Waals surface area contributed by atoms with Gasteiger partial charge in [0, 0.05) is 17.5 Å². The van der Waals surface area contributed by atoms with Gasteiger partial charge in [-0.25, -0.2) is 0 Å². The van der Waals surface area contributed by atoms with Crippen molar-refractivity contribution >= 4 is 23.5 Å². The molecule has 130 valence electrons. The third-order valence-electron chi connectivity index (χ3n) is 3.94. The van der Waals surface area contributed by atoms with Crippen molar-refractivity contribution in [3.05, 3.63) is 64.7 Å². The first-order chi connectivity index (χ1) is 12.1. The molecule has 5 heteroatoms. The summed E-state index contributed by atoms with van der Waals surface area (Å²) in [6, 6.07) is 11.8. The van der Waals surface area contributed by atoms with E-state index in [1.54, 1.807) is 30.3 Å². The topological polar surface area (TPSA) is 55.8 Å². The summed E-state index contributed by atoms with van der Waals surface area (Å²) in [5.41, 5.74) is 1.08. The zero-order chi connectivity index (χ0) is 17.6. The minimum atomic E-state index is -0.292. The molecule has 0 saturated carbocycles. The highest BCUT2D eigenvalue weighted by molar-refractivity contribution is 6.30. The number of hydrogen-bond donors (Lipinski definition) is 1. The second kappa shape index (κ2) is 8.19. The number of ketones is 1. The monoisotopic (exact) mass is 358 g/mol. The molecular formula is C20H19ClO4. The number of ether oxygens (including phenoxy) is 2. The number of benzene rings is 2. The summed E-state index contributed by atoms with van der Waals surface area (Å²) < 4.78 is 11.2. The molecular weight excluding hydrogens is 340 g/mol. The molecule has 1 aliphatic heterocycles. The summed E-state index contributed by atoms with van der Waals surface area (Å²) in [7, 11) is 0. The lowest BCUT2D eigenvalue weighted by molar-refractivity contribution is -0.105. The number of aromatic hydroxyl groups is 1. The lowest BCUT2D eigenvalue weighted by Crippen LogP contribution is -2.24. The quantitative estimate of drug-likeness (QED) is 0.613. The molecule has 0 radical (unpaired) electrons. The van der Waals surface area contributed by atoms with E-state index in [-0.39, 0.29) is 23.4 Å². The van der Waals surface area contributed by atoms with E-state index in [0.717, 1.165) is 24.8 Å². The summed E-state index contributed by atoms with van der Waals surface area (Å²) >= 11 is 5.83. The van der Waals surface area contributed by atoms with Gasteiger partial charge < -0.3 is 14.6 Å². The van der Waals surface area contributed by atoms with Crippen LogP contribution in [-0.2, 0) is 4.74 Å².